The Morgan fingerprint density at radius 3 is 2.61 bits per heavy atom. The SMILES string of the molecule is Cc1cc(COC(=O)c2ccc(Cl)c(S(=O)(=O)NCc3ccccc3)c2)on1. The highest BCUT2D eigenvalue weighted by atomic mass is 35.5. The highest BCUT2D eigenvalue weighted by Gasteiger charge is 2.21. The van der Waals surface area contributed by atoms with Gasteiger partial charge in [0, 0.05) is 12.6 Å². The van der Waals surface area contributed by atoms with Crippen LogP contribution >= 0.6 is 11.6 Å². The van der Waals surface area contributed by atoms with Gasteiger partial charge in [-0.25, -0.2) is 17.9 Å². The van der Waals surface area contributed by atoms with Gasteiger partial charge in [-0.3, -0.25) is 0 Å². The summed E-state index contributed by atoms with van der Waals surface area (Å²) in [5.41, 5.74) is 1.51. The predicted octanol–water partition coefficient (Wildman–Crippen LogP) is 3.47. The molecule has 0 amide bonds. The molecule has 1 N–H and O–H groups in total. The van der Waals surface area contributed by atoms with Gasteiger partial charge in [0.1, 0.15) is 4.90 Å². The molecule has 2 aromatic carbocycles. The fraction of sp³-hybridized carbons (Fsp3) is 0.158. The molecule has 1 aromatic heterocycles. The smallest absolute Gasteiger partial charge is 0.338 e. The molecule has 7 nitrogen and oxygen atoms in total. The molecule has 1 heterocycles. The summed E-state index contributed by atoms with van der Waals surface area (Å²) in [5.74, 6) is -0.317. The van der Waals surface area contributed by atoms with Crippen molar-refractivity contribution in [2.24, 2.45) is 0 Å². The molecule has 3 rings (SSSR count). The van der Waals surface area contributed by atoms with Crippen LogP contribution in [-0.4, -0.2) is 19.5 Å². The van der Waals surface area contributed by atoms with E-state index in [9.17, 15) is 13.2 Å². The number of carbonyl (C=O) groups excluding carboxylic acids is 1. The number of aryl methyl sites for hydroxylation is 1. The van der Waals surface area contributed by atoms with Crippen LogP contribution in [0, 0.1) is 6.92 Å². The lowest BCUT2D eigenvalue weighted by molar-refractivity contribution is 0.0437. The van der Waals surface area contributed by atoms with Crippen LogP contribution in [0.3, 0.4) is 0 Å². The molecule has 0 spiro atoms. The molecule has 28 heavy (non-hydrogen) atoms. The summed E-state index contributed by atoms with van der Waals surface area (Å²) in [6.07, 6.45) is 0. The molecule has 146 valence electrons. The number of nitrogens with one attached hydrogen (secondary N) is 1. The van der Waals surface area contributed by atoms with E-state index in [4.69, 9.17) is 20.9 Å². The van der Waals surface area contributed by atoms with E-state index in [1.165, 1.54) is 18.2 Å². The monoisotopic (exact) mass is 420 g/mol. The first-order valence-electron chi connectivity index (χ1n) is 8.27. The van der Waals surface area contributed by atoms with E-state index in [1.54, 1.807) is 25.1 Å². The van der Waals surface area contributed by atoms with Crippen LogP contribution in [0.25, 0.3) is 0 Å². The number of nitrogens with zero attached hydrogens (tertiary/aromatic N) is 1. The summed E-state index contributed by atoms with van der Waals surface area (Å²) in [7, 11) is -3.93. The third-order valence-corrected chi connectivity index (χ3v) is 5.67. The zero-order valence-corrected chi connectivity index (χ0v) is 16.5. The highest BCUT2D eigenvalue weighted by molar-refractivity contribution is 7.89. The number of ether oxygens (including phenoxy) is 1. The van der Waals surface area contributed by atoms with E-state index in [0.29, 0.717) is 11.5 Å². The second-order valence-electron chi connectivity index (χ2n) is 5.97. The Labute approximate surface area is 167 Å². The van der Waals surface area contributed by atoms with Gasteiger partial charge in [0.05, 0.1) is 16.3 Å². The van der Waals surface area contributed by atoms with E-state index >= 15 is 0 Å². The maximum atomic E-state index is 12.6. The molecule has 0 bridgehead atoms. The predicted molar refractivity (Wildman–Crippen MR) is 102 cm³/mol. The summed E-state index contributed by atoms with van der Waals surface area (Å²) in [5, 5.41) is 3.70. The zero-order valence-electron chi connectivity index (χ0n) is 14.9. The summed E-state index contributed by atoms with van der Waals surface area (Å²) >= 11 is 6.05. The Kier molecular flexibility index (Phi) is 6.13. The molecule has 9 heteroatoms. The molecule has 0 aliphatic carbocycles. The Balaban J connectivity index is 1.73. The van der Waals surface area contributed by atoms with Gasteiger partial charge in [0.2, 0.25) is 10.0 Å². The summed E-state index contributed by atoms with van der Waals surface area (Å²) in [6, 6.07) is 14.6. The van der Waals surface area contributed by atoms with Gasteiger partial charge in [-0.1, -0.05) is 47.1 Å². The Bertz CT molecular complexity index is 1080. The minimum absolute atomic E-state index is 0.00275. The number of sulfonamides is 1. The lowest BCUT2D eigenvalue weighted by atomic mass is 10.2. The van der Waals surface area contributed by atoms with E-state index in [-0.39, 0.29) is 28.6 Å². The van der Waals surface area contributed by atoms with Gasteiger partial charge in [0.15, 0.2) is 12.4 Å². The van der Waals surface area contributed by atoms with Crippen molar-refractivity contribution < 1.29 is 22.5 Å². The van der Waals surface area contributed by atoms with E-state index in [1.807, 2.05) is 18.2 Å². The third-order valence-electron chi connectivity index (χ3n) is 3.79. The number of benzene rings is 2. The van der Waals surface area contributed by atoms with Crippen LogP contribution in [0.15, 0.2) is 64.0 Å². The van der Waals surface area contributed by atoms with Crippen LogP contribution in [-0.2, 0) is 27.9 Å². The molecule has 0 fully saturated rings. The first-order chi connectivity index (χ1) is 13.3. The lowest BCUT2D eigenvalue weighted by Crippen LogP contribution is -2.24. The van der Waals surface area contributed by atoms with Crippen LogP contribution in [0.5, 0.6) is 0 Å². The molecule has 0 saturated heterocycles. The highest BCUT2D eigenvalue weighted by Crippen LogP contribution is 2.23. The number of halogens is 1. The van der Waals surface area contributed by atoms with Gasteiger partial charge < -0.3 is 9.26 Å². The number of hydrogen-bond acceptors (Lipinski definition) is 6. The second kappa shape index (κ2) is 8.55. The Morgan fingerprint density at radius 2 is 1.93 bits per heavy atom. The summed E-state index contributed by atoms with van der Waals surface area (Å²) in [4.78, 5) is 12.1. The minimum atomic E-state index is -3.93. The number of rotatable bonds is 7. The topological polar surface area (TPSA) is 98.5 Å². The Hall–Kier alpha value is -2.68. The molecule has 0 saturated carbocycles. The molecular formula is C19H17ClN2O5S. The molecule has 0 atom stereocenters. The van der Waals surface area contributed by atoms with Crippen molar-refractivity contribution in [1.29, 1.82) is 0 Å². The number of hydrogen-bond donors (Lipinski definition) is 1. The van der Waals surface area contributed by atoms with Crippen LogP contribution in [0.2, 0.25) is 5.02 Å². The molecule has 0 unspecified atom stereocenters. The van der Waals surface area contributed by atoms with Gasteiger partial charge in [-0.2, -0.15) is 0 Å². The van der Waals surface area contributed by atoms with Crippen molar-refractivity contribution in [1.82, 2.24) is 9.88 Å². The molecule has 3 aromatic rings. The third kappa shape index (κ3) is 4.98. The quantitative estimate of drug-likeness (QED) is 0.587. The minimum Gasteiger partial charge on any atom is -0.454 e. The summed E-state index contributed by atoms with van der Waals surface area (Å²) in [6.45, 7) is 1.73. The van der Waals surface area contributed by atoms with E-state index in [2.05, 4.69) is 9.88 Å². The van der Waals surface area contributed by atoms with E-state index < -0.39 is 16.0 Å². The van der Waals surface area contributed by atoms with Crippen molar-refractivity contribution in [3.8, 4) is 0 Å². The van der Waals surface area contributed by atoms with Crippen molar-refractivity contribution >= 4 is 27.6 Å². The molecule has 0 aliphatic heterocycles. The first kappa shape index (κ1) is 20.1. The maximum Gasteiger partial charge on any atom is 0.338 e. The van der Waals surface area contributed by atoms with Crippen LogP contribution in [0.4, 0.5) is 0 Å². The zero-order chi connectivity index (χ0) is 20.1. The fourth-order valence-corrected chi connectivity index (χ4v) is 3.93. The van der Waals surface area contributed by atoms with Gasteiger partial charge in [0.25, 0.3) is 0 Å². The average Bonchev–Trinajstić information content (AvgIpc) is 3.11. The standard InChI is InChI=1S/C19H17ClN2O5S/c1-13-9-16(27-22-13)12-26-19(23)15-7-8-17(20)18(10-15)28(24,25)21-11-14-5-3-2-4-6-14/h2-10,21H,11-12H2,1H3. The van der Waals surface area contributed by atoms with Crippen LogP contribution < -0.4 is 4.72 Å². The first-order valence-corrected chi connectivity index (χ1v) is 10.1. The number of esters is 1. The van der Waals surface area contributed by atoms with Crippen molar-refractivity contribution in [3.63, 3.8) is 0 Å². The molecule has 0 aliphatic rings. The summed E-state index contributed by atoms with van der Waals surface area (Å²) < 4.78 is 37.8. The van der Waals surface area contributed by atoms with Crippen molar-refractivity contribution in [3.05, 3.63) is 82.2 Å². The fourth-order valence-electron chi connectivity index (χ4n) is 2.39. The second-order valence-corrected chi connectivity index (χ2v) is 8.11. The van der Waals surface area contributed by atoms with Gasteiger partial charge >= 0.3 is 5.97 Å². The normalized spacial score (nSPS) is 11.4. The average molecular weight is 421 g/mol. The molecular weight excluding hydrogens is 404 g/mol. The van der Waals surface area contributed by atoms with Crippen LogP contribution in [0.1, 0.15) is 27.4 Å². The van der Waals surface area contributed by atoms with Crippen molar-refractivity contribution in [2.75, 3.05) is 0 Å². The van der Waals surface area contributed by atoms with E-state index in [0.717, 1.165) is 5.56 Å². The number of aromatic nitrogens is 1. The maximum absolute atomic E-state index is 12.6. The van der Waals surface area contributed by atoms with Crippen molar-refractivity contribution in [2.45, 2.75) is 25.0 Å². The van der Waals surface area contributed by atoms with Gasteiger partial charge in [-0.05, 0) is 30.7 Å². The largest absolute Gasteiger partial charge is 0.454 e. The Morgan fingerprint density at radius 1 is 1.18 bits per heavy atom. The lowest BCUT2D eigenvalue weighted by Gasteiger charge is -2.10. The molecule has 0 radical (unpaired) electrons. The number of carbonyl (C=O) groups is 1. The van der Waals surface area contributed by atoms with Gasteiger partial charge in [-0.15, -0.1) is 0 Å².